The number of anilines is 1. The van der Waals surface area contributed by atoms with Gasteiger partial charge in [0.15, 0.2) is 16.7 Å². The van der Waals surface area contributed by atoms with E-state index < -0.39 is 0 Å². The van der Waals surface area contributed by atoms with Crippen LogP contribution in [0.4, 0.5) is 5.82 Å². The Labute approximate surface area is 119 Å². The predicted octanol–water partition coefficient (Wildman–Crippen LogP) is 2.06. The monoisotopic (exact) mass is 284 g/mol. The van der Waals surface area contributed by atoms with Gasteiger partial charge in [-0.25, -0.2) is 9.97 Å². The lowest BCUT2D eigenvalue weighted by atomic mass is 10.2. The zero-order chi connectivity index (χ0) is 13.8. The van der Waals surface area contributed by atoms with Crippen LogP contribution in [0.25, 0.3) is 0 Å². The van der Waals surface area contributed by atoms with E-state index in [2.05, 4.69) is 33.7 Å². The maximum atomic E-state index is 6.10. The predicted molar refractivity (Wildman–Crippen MR) is 77.1 cm³/mol. The van der Waals surface area contributed by atoms with Crippen molar-refractivity contribution in [2.45, 2.75) is 25.8 Å². The summed E-state index contributed by atoms with van der Waals surface area (Å²) in [4.78, 5) is 13.0. The average Bonchev–Trinajstić information content (AvgIpc) is 2.59. The fraction of sp³-hybridized carbons (Fsp3) is 0.692. The molecule has 1 fully saturated rings. The summed E-state index contributed by atoms with van der Waals surface area (Å²) in [5.41, 5.74) is 0. The molecule has 106 valence electrons. The summed E-state index contributed by atoms with van der Waals surface area (Å²) in [6.45, 7) is 5.30. The highest BCUT2D eigenvalue weighted by Crippen LogP contribution is 2.33. The number of likely N-dealkylation sites (N-methyl/N-ethyl adjacent to an activating group) is 1. The van der Waals surface area contributed by atoms with Gasteiger partial charge >= 0.3 is 0 Å². The average molecular weight is 285 g/mol. The van der Waals surface area contributed by atoms with Crippen LogP contribution in [-0.2, 0) is 0 Å². The van der Waals surface area contributed by atoms with E-state index in [1.54, 1.807) is 7.11 Å². The molecule has 0 amide bonds. The molecule has 0 N–H and O–H groups in total. The molecule has 1 aliphatic heterocycles. The molecule has 1 aromatic heterocycles. The third-order valence-corrected chi connectivity index (χ3v) is 3.86. The van der Waals surface area contributed by atoms with E-state index in [9.17, 15) is 0 Å². The van der Waals surface area contributed by atoms with Crippen molar-refractivity contribution in [2.24, 2.45) is 0 Å². The minimum absolute atomic E-state index is 0.375. The van der Waals surface area contributed by atoms with E-state index in [0.29, 0.717) is 16.9 Å². The molecule has 5 nitrogen and oxygen atoms in total. The number of nitrogens with zero attached hydrogens (tertiary/aromatic N) is 4. The minimum atomic E-state index is 0.375. The van der Waals surface area contributed by atoms with Crippen LogP contribution in [0.1, 0.15) is 19.8 Å². The molecule has 1 atom stereocenters. The molecule has 0 spiro atoms. The van der Waals surface area contributed by atoms with Crippen LogP contribution in [0.15, 0.2) is 6.33 Å². The lowest BCUT2D eigenvalue weighted by Gasteiger charge is -2.32. The first-order chi connectivity index (χ1) is 9.17. The van der Waals surface area contributed by atoms with Crippen LogP contribution in [0.5, 0.6) is 5.75 Å². The van der Waals surface area contributed by atoms with Gasteiger partial charge in [0, 0.05) is 19.1 Å². The Kier molecular flexibility index (Phi) is 4.82. The van der Waals surface area contributed by atoms with Crippen LogP contribution >= 0.6 is 11.6 Å². The number of aromatic nitrogens is 2. The van der Waals surface area contributed by atoms with Gasteiger partial charge in [-0.15, -0.1) is 0 Å². The SMILES string of the molecule is CCC1CN(C)CCCN1c1ncnc(Cl)c1OC. The fourth-order valence-electron chi connectivity index (χ4n) is 2.60. The van der Waals surface area contributed by atoms with Crippen molar-refractivity contribution < 1.29 is 4.74 Å². The molecule has 2 heterocycles. The molecule has 1 unspecified atom stereocenters. The molecular weight excluding hydrogens is 264 g/mol. The van der Waals surface area contributed by atoms with Gasteiger partial charge in [-0.05, 0) is 26.4 Å². The highest BCUT2D eigenvalue weighted by molar-refractivity contribution is 6.31. The second-order valence-corrected chi connectivity index (χ2v) is 5.25. The molecule has 2 rings (SSSR count). The van der Waals surface area contributed by atoms with Crippen molar-refractivity contribution in [3.05, 3.63) is 11.5 Å². The molecule has 1 aromatic rings. The minimum Gasteiger partial charge on any atom is -0.490 e. The van der Waals surface area contributed by atoms with E-state index >= 15 is 0 Å². The van der Waals surface area contributed by atoms with Gasteiger partial charge in [0.25, 0.3) is 0 Å². The molecule has 0 aliphatic carbocycles. The molecule has 1 saturated heterocycles. The number of hydrogen-bond donors (Lipinski definition) is 0. The maximum absolute atomic E-state index is 6.10. The first-order valence-corrected chi connectivity index (χ1v) is 7.04. The summed E-state index contributed by atoms with van der Waals surface area (Å²) in [5, 5.41) is 0.375. The van der Waals surface area contributed by atoms with Gasteiger partial charge in [0.1, 0.15) is 6.33 Å². The second-order valence-electron chi connectivity index (χ2n) is 4.89. The highest BCUT2D eigenvalue weighted by Gasteiger charge is 2.26. The van der Waals surface area contributed by atoms with Crippen molar-refractivity contribution >= 4 is 17.4 Å². The molecule has 1 aliphatic rings. The molecule has 6 heteroatoms. The van der Waals surface area contributed by atoms with Crippen LogP contribution in [0.2, 0.25) is 5.15 Å². The second kappa shape index (κ2) is 6.39. The first-order valence-electron chi connectivity index (χ1n) is 6.67. The summed E-state index contributed by atoms with van der Waals surface area (Å²) >= 11 is 6.10. The Morgan fingerprint density at radius 3 is 2.89 bits per heavy atom. The standard InChI is InChI=1S/C13H21ClN4O/c1-4-10-8-17(2)6-5-7-18(10)13-11(19-3)12(14)15-9-16-13/h9-10H,4-8H2,1-3H3. The molecule has 19 heavy (non-hydrogen) atoms. The third kappa shape index (κ3) is 3.09. The molecule has 0 saturated carbocycles. The van der Waals surface area contributed by atoms with E-state index in [0.717, 1.165) is 38.3 Å². The lowest BCUT2D eigenvalue weighted by Crippen LogP contribution is -2.40. The Morgan fingerprint density at radius 1 is 1.42 bits per heavy atom. The Morgan fingerprint density at radius 2 is 2.21 bits per heavy atom. The van der Waals surface area contributed by atoms with E-state index in [1.165, 1.54) is 6.33 Å². The number of hydrogen-bond acceptors (Lipinski definition) is 5. The summed E-state index contributed by atoms with van der Waals surface area (Å²) in [7, 11) is 3.77. The summed E-state index contributed by atoms with van der Waals surface area (Å²) in [5.74, 6) is 1.39. The first kappa shape index (κ1) is 14.3. The quantitative estimate of drug-likeness (QED) is 0.795. The van der Waals surface area contributed by atoms with Crippen molar-refractivity contribution in [3.8, 4) is 5.75 Å². The molecule has 0 bridgehead atoms. The number of halogens is 1. The fourth-order valence-corrected chi connectivity index (χ4v) is 2.80. The van der Waals surface area contributed by atoms with Crippen molar-refractivity contribution in [2.75, 3.05) is 38.7 Å². The van der Waals surface area contributed by atoms with Gasteiger partial charge in [-0.3, -0.25) is 0 Å². The summed E-state index contributed by atoms with van der Waals surface area (Å²) in [6, 6.07) is 0.423. The molecule has 0 radical (unpaired) electrons. The van der Waals surface area contributed by atoms with Crippen LogP contribution in [-0.4, -0.2) is 54.7 Å². The number of rotatable bonds is 3. The third-order valence-electron chi connectivity index (χ3n) is 3.59. The molecular formula is C13H21ClN4O. The normalized spacial score (nSPS) is 21.3. The summed E-state index contributed by atoms with van der Waals surface area (Å²) < 4.78 is 5.38. The number of methoxy groups -OCH3 is 1. The van der Waals surface area contributed by atoms with Gasteiger partial charge < -0.3 is 14.5 Å². The van der Waals surface area contributed by atoms with Gasteiger partial charge in [-0.2, -0.15) is 0 Å². The van der Waals surface area contributed by atoms with Gasteiger partial charge in [0.05, 0.1) is 7.11 Å². The van der Waals surface area contributed by atoms with E-state index in [-0.39, 0.29) is 0 Å². The lowest BCUT2D eigenvalue weighted by molar-refractivity contribution is 0.327. The van der Waals surface area contributed by atoms with Crippen LogP contribution < -0.4 is 9.64 Å². The van der Waals surface area contributed by atoms with Crippen molar-refractivity contribution in [1.82, 2.24) is 14.9 Å². The van der Waals surface area contributed by atoms with Gasteiger partial charge in [0.2, 0.25) is 0 Å². The largest absolute Gasteiger partial charge is 0.490 e. The van der Waals surface area contributed by atoms with Crippen molar-refractivity contribution in [3.63, 3.8) is 0 Å². The van der Waals surface area contributed by atoms with Crippen LogP contribution in [0, 0.1) is 0 Å². The van der Waals surface area contributed by atoms with Gasteiger partial charge in [-0.1, -0.05) is 18.5 Å². The van der Waals surface area contributed by atoms with E-state index in [1.807, 2.05) is 0 Å². The Bertz CT molecular complexity index is 429. The smallest absolute Gasteiger partial charge is 0.199 e. The number of ether oxygens (including phenoxy) is 1. The maximum Gasteiger partial charge on any atom is 0.199 e. The van der Waals surface area contributed by atoms with Crippen LogP contribution in [0.3, 0.4) is 0 Å². The Balaban J connectivity index is 2.35. The zero-order valence-corrected chi connectivity index (χ0v) is 12.5. The zero-order valence-electron chi connectivity index (χ0n) is 11.8. The Hall–Kier alpha value is -1.07. The van der Waals surface area contributed by atoms with E-state index in [4.69, 9.17) is 16.3 Å². The molecule has 0 aromatic carbocycles. The topological polar surface area (TPSA) is 41.5 Å². The summed E-state index contributed by atoms with van der Waals surface area (Å²) in [6.07, 6.45) is 3.68. The highest BCUT2D eigenvalue weighted by atomic mass is 35.5. The van der Waals surface area contributed by atoms with Crippen molar-refractivity contribution in [1.29, 1.82) is 0 Å².